The second-order valence-corrected chi connectivity index (χ2v) is 9.58. The van der Waals surface area contributed by atoms with E-state index >= 15 is 0 Å². The first-order chi connectivity index (χ1) is 19.0. The second-order valence-electron chi connectivity index (χ2n) is 9.23. The number of halogens is 4. The summed E-state index contributed by atoms with van der Waals surface area (Å²) in [6.07, 6.45) is -4.90. The Kier molecular flexibility index (Phi) is 7.16. The third kappa shape index (κ3) is 5.20. The molecule has 204 valence electrons. The molecule has 4 aromatic rings. The van der Waals surface area contributed by atoms with Crippen molar-refractivity contribution in [1.82, 2.24) is 25.2 Å². The molecule has 0 saturated carbocycles. The Morgan fingerprint density at radius 2 is 1.55 bits per heavy atom. The number of imide groups is 1. The maximum atomic E-state index is 13.7. The van der Waals surface area contributed by atoms with Gasteiger partial charge in [0.25, 0.3) is 17.7 Å². The zero-order chi connectivity index (χ0) is 28.6. The molecular weight excluding hydrogens is 547 g/mol. The number of alkyl halides is 3. The van der Waals surface area contributed by atoms with Crippen molar-refractivity contribution in [3.63, 3.8) is 0 Å². The topological polar surface area (TPSA) is 97.2 Å². The molecule has 0 bridgehead atoms. The minimum Gasteiger partial charge on any atom is -0.347 e. The van der Waals surface area contributed by atoms with E-state index in [1.54, 1.807) is 31.3 Å². The van der Waals surface area contributed by atoms with E-state index in [-0.39, 0.29) is 40.4 Å². The van der Waals surface area contributed by atoms with Crippen LogP contribution in [0.3, 0.4) is 0 Å². The standard InChI is InChI=1S/C28H21ClF3N5O3/c1-36-23(24(29)34-35-36)16-10-12-17(13-11-16)25(38)33-19(14-18-6-2-5-9-22(18)28(30,31)32)15-37-26(39)20-7-3-4-8-21(20)27(37)40/h2-13,19H,14-15H2,1H3,(H,33,38)/t19-/m0/s1. The molecule has 1 atom stereocenters. The van der Waals surface area contributed by atoms with Crippen molar-refractivity contribution in [2.24, 2.45) is 7.05 Å². The van der Waals surface area contributed by atoms with E-state index in [0.29, 0.717) is 11.3 Å². The molecule has 12 heteroatoms. The van der Waals surface area contributed by atoms with E-state index in [4.69, 9.17) is 11.6 Å². The number of benzene rings is 3. The normalized spacial score (nSPS) is 13.9. The molecule has 1 aliphatic rings. The van der Waals surface area contributed by atoms with Gasteiger partial charge in [-0.3, -0.25) is 19.3 Å². The maximum absolute atomic E-state index is 13.7. The molecule has 1 aliphatic heterocycles. The Bertz CT molecular complexity index is 1560. The summed E-state index contributed by atoms with van der Waals surface area (Å²) in [6.45, 7) is -0.321. The van der Waals surface area contributed by atoms with Crippen molar-refractivity contribution in [2.45, 2.75) is 18.6 Å². The van der Waals surface area contributed by atoms with E-state index < -0.39 is 35.5 Å². The second kappa shape index (κ2) is 10.6. The number of hydrogen-bond donors (Lipinski definition) is 1. The summed E-state index contributed by atoms with van der Waals surface area (Å²) in [4.78, 5) is 40.1. The number of hydrogen-bond acceptors (Lipinski definition) is 5. The van der Waals surface area contributed by atoms with Crippen molar-refractivity contribution in [3.8, 4) is 11.3 Å². The van der Waals surface area contributed by atoms with Gasteiger partial charge in [-0.1, -0.05) is 59.3 Å². The fourth-order valence-corrected chi connectivity index (χ4v) is 4.98. The van der Waals surface area contributed by atoms with Crippen LogP contribution in [0.25, 0.3) is 11.3 Å². The fourth-order valence-electron chi connectivity index (χ4n) is 4.71. The van der Waals surface area contributed by atoms with E-state index in [1.807, 2.05) is 0 Å². The Morgan fingerprint density at radius 1 is 0.950 bits per heavy atom. The lowest BCUT2D eigenvalue weighted by atomic mass is 9.99. The maximum Gasteiger partial charge on any atom is 0.416 e. The van der Waals surface area contributed by atoms with Gasteiger partial charge in [-0.2, -0.15) is 13.2 Å². The van der Waals surface area contributed by atoms with Crippen molar-refractivity contribution < 1.29 is 27.6 Å². The minimum atomic E-state index is -4.63. The number of nitrogens with zero attached hydrogens (tertiary/aromatic N) is 4. The molecule has 0 unspecified atom stereocenters. The molecule has 5 rings (SSSR count). The van der Waals surface area contributed by atoms with Crippen LogP contribution in [0.5, 0.6) is 0 Å². The minimum absolute atomic E-state index is 0.0781. The fraction of sp³-hybridized carbons (Fsp3) is 0.179. The lowest BCUT2D eigenvalue weighted by Crippen LogP contribution is -2.47. The van der Waals surface area contributed by atoms with Crippen LogP contribution in [0, 0.1) is 0 Å². The number of amides is 3. The van der Waals surface area contributed by atoms with Gasteiger partial charge in [0.05, 0.1) is 22.7 Å². The lowest BCUT2D eigenvalue weighted by molar-refractivity contribution is -0.138. The Balaban J connectivity index is 1.42. The van der Waals surface area contributed by atoms with Gasteiger partial charge in [0, 0.05) is 24.7 Å². The predicted octanol–water partition coefficient (Wildman–Crippen LogP) is 4.79. The van der Waals surface area contributed by atoms with Crippen LogP contribution in [-0.2, 0) is 19.6 Å². The number of aromatic nitrogens is 3. The molecule has 1 N–H and O–H groups in total. The summed E-state index contributed by atoms with van der Waals surface area (Å²) in [5.41, 5.74) is 0.871. The van der Waals surface area contributed by atoms with E-state index in [9.17, 15) is 27.6 Å². The van der Waals surface area contributed by atoms with Crippen LogP contribution in [0.1, 0.15) is 42.2 Å². The molecule has 3 amide bonds. The SMILES string of the molecule is Cn1nnc(Cl)c1-c1ccc(C(=O)N[C@@H](Cc2ccccc2C(F)(F)F)CN2C(=O)c3ccccc3C2=O)cc1. The molecule has 1 aromatic heterocycles. The van der Waals surface area contributed by atoms with Gasteiger partial charge in [-0.15, -0.1) is 5.10 Å². The third-order valence-electron chi connectivity index (χ3n) is 6.61. The third-order valence-corrected chi connectivity index (χ3v) is 6.87. The first-order valence-electron chi connectivity index (χ1n) is 12.1. The molecule has 0 radical (unpaired) electrons. The van der Waals surface area contributed by atoms with Crippen molar-refractivity contribution in [3.05, 3.63) is 106 Å². The Hall–Kier alpha value is -4.51. The van der Waals surface area contributed by atoms with Gasteiger partial charge < -0.3 is 5.32 Å². The van der Waals surface area contributed by atoms with E-state index in [0.717, 1.165) is 11.0 Å². The average Bonchev–Trinajstić information content (AvgIpc) is 3.39. The molecule has 8 nitrogen and oxygen atoms in total. The first-order valence-corrected chi connectivity index (χ1v) is 12.5. The first kappa shape index (κ1) is 27.1. The van der Waals surface area contributed by atoms with Gasteiger partial charge in [0.15, 0.2) is 5.15 Å². The summed E-state index contributed by atoms with van der Waals surface area (Å²) < 4.78 is 42.6. The monoisotopic (exact) mass is 567 g/mol. The highest BCUT2D eigenvalue weighted by Gasteiger charge is 2.38. The van der Waals surface area contributed by atoms with Crippen molar-refractivity contribution >= 4 is 29.3 Å². The number of aryl methyl sites for hydroxylation is 1. The van der Waals surface area contributed by atoms with Crippen LogP contribution in [-0.4, -0.2) is 50.2 Å². The van der Waals surface area contributed by atoms with Crippen molar-refractivity contribution in [1.29, 1.82) is 0 Å². The predicted molar refractivity (Wildman–Crippen MR) is 140 cm³/mol. The Morgan fingerprint density at radius 3 is 2.12 bits per heavy atom. The van der Waals surface area contributed by atoms with Crippen LogP contribution >= 0.6 is 11.6 Å². The van der Waals surface area contributed by atoms with Crippen LogP contribution in [0.4, 0.5) is 13.2 Å². The largest absolute Gasteiger partial charge is 0.416 e. The van der Waals surface area contributed by atoms with Crippen LogP contribution < -0.4 is 5.32 Å². The zero-order valence-corrected chi connectivity index (χ0v) is 21.7. The number of carbonyl (C=O) groups is 3. The molecule has 2 heterocycles. The van der Waals surface area contributed by atoms with Gasteiger partial charge in [0.1, 0.15) is 5.69 Å². The Labute approximate surface area is 231 Å². The summed E-state index contributed by atoms with van der Waals surface area (Å²) in [6, 6.07) is 16.5. The lowest BCUT2D eigenvalue weighted by Gasteiger charge is -2.25. The average molecular weight is 568 g/mol. The van der Waals surface area contributed by atoms with E-state index in [1.165, 1.54) is 47.1 Å². The number of fused-ring (bicyclic) bond motifs is 1. The molecule has 0 saturated heterocycles. The van der Waals surface area contributed by atoms with E-state index in [2.05, 4.69) is 15.6 Å². The van der Waals surface area contributed by atoms with Crippen LogP contribution in [0.15, 0.2) is 72.8 Å². The molecule has 0 spiro atoms. The quantitative estimate of drug-likeness (QED) is 0.324. The smallest absolute Gasteiger partial charge is 0.347 e. The van der Waals surface area contributed by atoms with Gasteiger partial charge in [0.2, 0.25) is 0 Å². The molecule has 0 aliphatic carbocycles. The number of rotatable bonds is 7. The number of nitrogens with one attached hydrogen (secondary N) is 1. The molecule has 3 aromatic carbocycles. The zero-order valence-electron chi connectivity index (χ0n) is 20.9. The molecular formula is C28H21ClF3N5O3. The molecule has 0 fully saturated rings. The summed E-state index contributed by atoms with van der Waals surface area (Å²) in [5.74, 6) is -1.74. The number of carbonyl (C=O) groups excluding carboxylic acids is 3. The highest BCUT2D eigenvalue weighted by atomic mass is 35.5. The van der Waals surface area contributed by atoms with Gasteiger partial charge in [-0.05, 0) is 42.3 Å². The highest BCUT2D eigenvalue weighted by Crippen LogP contribution is 2.33. The van der Waals surface area contributed by atoms with Gasteiger partial charge >= 0.3 is 6.18 Å². The van der Waals surface area contributed by atoms with Gasteiger partial charge in [-0.25, -0.2) is 4.68 Å². The van der Waals surface area contributed by atoms with Crippen molar-refractivity contribution in [2.75, 3.05) is 6.54 Å². The highest BCUT2D eigenvalue weighted by molar-refractivity contribution is 6.31. The summed E-state index contributed by atoms with van der Waals surface area (Å²) in [5, 5.41) is 10.5. The summed E-state index contributed by atoms with van der Waals surface area (Å²) >= 11 is 6.10. The molecule has 40 heavy (non-hydrogen) atoms. The summed E-state index contributed by atoms with van der Waals surface area (Å²) in [7, 11) is 1.66. The van der Waals surface area contributed by atoms with Crippen LogP contribution in [0.2, 0.25) is 5.15 Å².